The van der Waals surface area contributed by atoms with Crippen molar-refractivity contribution in [2.24, 2.45) is 0 Å². The first-order valence-electron chi connectivity index (χ1n) is 8.60. The SMILES string of the molecule is CCCn1nc(C(=O)OCC(=O)NC(=O)NC(C)C)c2ccccc2c1=O. The van der Waals surface area contributed by atoms with E-state index in [4.69, 9.17) is 4.74 Å². The van der Waals surface area contributed by atoms with E-state index in [0.717, 1.165) is 0 Å². The second-order valence-electron chi connectivity index (χ2n) is 6.17. The van der Waals surface area contributed by atoms with Gasteiger partial charge in [0.1, 0.15) is 0 Å². The number of fused-ring (bicyclic) bond motifs is 1. The summed E-state index contributed by atoms with van der Waals surface area (Å²) in [5.74, 6) is -1.62. The fourth-order valence-corrected chi connectivity index (χ4v) is 2.41. The maximum absolute atomic E-state index is 12.4. The maximum Gasteiger partial charge on any atom is 0.359 e. The Morgan fingerprint density at radius 1 is 1.19 bits per heavy atom. The second-order valence-corrected chi connectivity index (χ2v) is 6.17. The molecule has 9 heteroatoms. The average molecular weight is 374 g/mol. The molecule has 0 unspecified atom stereocenters. The number of hydrogen-bond acceptors (Lipinski definition) is 6. The summed E-state index contributed by atoms with van der Waals surface area (Å²) in [6, 6.07) is 5.74. The summed E-state index contributed by atoms with van der Waals surface area (Å²) in [5.41, 5.74) is -0.356. The Balaban J connectivity index is 2.17. The van der Waals surface area contributed by atoms with Gasteiger partial charge in [-0.2, -0.15) is 5.10 Å². The van der Waals surface area contributed by atoms with E-state index < -0.39 is 24.5 Å². The van der Waals surface area contributed by atoms with Gasteiger partial charge in [0.15, 0.2) is 12.3 Å². The van der Waals surface area contributed by atoms with Crippen molar-refractivity contribution in [1.29, 1.82) is 0 Å². The van der Waals surface area contributed by atoms with Crippen molar-refractivity contribution >= 4 is 28.7 Å². The van der Waals surface area contributed by atoms with Gasteiger partial charge in [0, 0.05) is 18.0 Å². The first-order valence-corrected chi connectivity index (χ1v) is 8.60. The molecule has 0 aliphatic heterocycles. The van der Waals surface area contributed by atoms with Crippen LogP contribution in [0, 0.1) is 0 Å². The van der Waals surface area contributed by atoms with Crippen LogP contribution in [0.3, 0.4) is 0 Å². The number of rotatable bonds is 6. The molecular weight excluding hydrogens is 352 g/mol. The van der Waals surface area contributed by atoms with Gasteiger partial charge in [-0.25, -0.2) is 14.3 Å². The summed E-state index contributed by atoms with van der Waals surface area (Å²) in [6.07, 6.45) is 0.660. The quantitative estimate of drug-likeness (QED) is 0.733. The molecule has 2 aromatic rings. The number of nitrogens with one attached hydrogen (secondary N) is 2. The molecule has 0 spiro atoms. The molecule has 0 atom stereocenters. The Kier molecular flexibility index (Phi) is 6.64. The van der Waals surface area contributed by atoms with Crippen LogP contribution < -0.4 is 16.2 Å². The lowest BCUT2D eigenvalue weighted by Gasteiger charge is -2.11. The number of carbonyl (C=O) groups excluding carboxylic acids is 3. The minimum atomic E-state index is -0.851. The van der Waals surface area contributed by atoms with Gasteiger partial charge in [-0.05, 0) is 26.3 Å². The highest BCUT2D eigenvalue weighted by Crippen LogP contribution is 2.14. The van der Waals surface area contributed by atoms with E-state index >= 15 is 0 Å². The summed E-state index contributed by atoms with van der Waals surface area (Å²) in [7, 11) is 0. The Morgan fingerprint density at radius 3 is 2.48 bits per heavy atom. The summed E-state index contributed by atoms with van der Waals surface area (Å²) in [5, 5.41) is 9.31. The third-order valence-electron chi connectivity index (χ3n) is 3.50. The second kappa shape index (κ2) is 8.93. The molecule has 3 amide bonds. The largest absolute Gasteiger partial charge is 0.451 e. The topological polar surface area (TPSA) is 119 Å². The zero-order valence-electron chi connectivity index (χ0n) is 15.4. The summed E-state index contributed by atoms with van der Waals surface area (Å²) >= 11 is 0. The van der Waals surface area contributed by atoms with Crippen LogP contribution in [0.1, 0.15) is 37.7 Å². The van der Waals surface area contributed by atoms with Gasteiger partial charge >= 0.3 is 12.0 Å². The summed E-state index contributed by atoms with van der Waals surface area (Å²) in [4.78, 5) is 48.0. The fourth-order valence-electron chi connectivity index (χ4n) is 2.41. The molecule has 0 radical (unpaired) electrons. The smallest absolute Gasteiger partial charge is 0.359 e. The number of hydrogen-bond donors (Lipinski definition) is 2. The molecule has 0 fully saturated rings. The van der Waals surface area contributed by atoms with Crippen LogP contribution in [-0.4, -0.2) is 40.3 Å². The van der Waals surface area contributed by atoms with Gasteiger partial charge in [-0.1, -0.05) is 25.1 Å². The molecule has 1 heterocycles. The number of esters is 1. The molecule has 2 N–H and O–H groups in total. The summed E-state index contributed by atoms with van der Waals surface area (Å²) < 4.78 is 6.17. The molecule has 0 bridgehead atoms. The van der Waals surface area contributed by atoms with E-state index in [2.05, 4.69) is 15.7 Å². The number of imide groups is 1. The van der Waals surface area contributed by atoms with E-state index in [0.29, 0.717) is 23.7 Å². The number of amides is 3. The summed E-state index contributed by atoms with van der Waals surface area (Å²) in [6.45, 7) is 5.07. The number of carbonyl (C=O) groups is 3. The number of urea groups is 1. The molecule has 0 aliphatic rings. The van der Waals surface area contributed by atoms with Gasteiger partial charge in [0.05, 0.1) is 5.39 Å². The Labute approximate surface area is 155 Å². The third-order valence-corrected chi connectivity index (χ3v) is 3.50. The third kappa shape index (κ3) is 5.13. The van der Waals surface area contributed by atoms with E-state index in [-0.39, 0.29) is 17.3 Å². The van der Waals surface area contributed by atoms with E-state index in [9.17, 15) is 19.2 Å². The lowest BCUT2D eigenvalue weighted by atomic mass is 10.1. The van der Waals surface area contributed by atoms with Gasteiger partial charge in [0.2, 0.25) is 0 Å². The van der Waals surface area contributed by atoms with E-state index in [1.807, 2.05) is 6.92 Å². The minimum Gasteiger partial charge on any atom is -0.451 e. The van der Waals surface area contributed by atoms with Gasteiger partial charge < -0.3 is 10.1 Å². The van der Waals surface area contributed by atoms with E-state index in [1.165, 1.54) is 4.68 Å². The zero-order valence-corrected chi connectivity index (χ0v) is 15.4. The maximum atomic E-state index is 12.4. The van der Waals surface area contributed by atoms with Crippen molar-refractivity contribution < 1.29 is 19.1 Å². The lowest BCUT2D eigenvalue weighted by Crippen LogP contribution is -2.44. The monoisotopic (exact) mass is 374 g/mol. The van der Waals surface area contributed by atoms with Crippen LogP contribution in [0.25, 0.3) is 10.8 Å². The van der Waals surface area contributed by atoms with Gasteiger partial charge in [0.25, 0.3) is 11.5 Å². The lowest BCUT2D eigenvalue weighted by molar-refractivity contribution is -0.123. The number of nitrogens with zero attached hydrogens (tertiary/aromatic N) is 2. The molecule has 2 rings (SSSR count). The molecule has 1 aromatic carbocycles. The van der Waals surface area contributed by atoms with Crippen molar-refractivity contribution in [3.63, 3.8) is 0 Å². The Morgan fingerprint density at radius 2 is 1.85 bits per heavy atom. The average Bonchev–Trinajstić information content (AvgIpc) is 2.61. The first-order chi connectivity index (χ1) is 12.8. The predicted molar refractivity (Wildman–Crippen MR) is 98.4 cm³/mol. The molecular formula is C18H22N4O5. The number of ether oxygens (including phenoxy) is 1. The number of aryl methyl sites for hydroxylation is 1. The first kappa shape index (κ1) is 20.1. The van der Waals surface area contributed by atoms with Crippen molar-refractivity contribution in [2.75, 3.05) is 6.61 Å². The molecule has 9 nitrogen and oxygen atoms in total. The molecule has 0 saturated carbocycles. The van der Waals surface area contributed by atoms with Crippen LogP contribution in [0.4, 0.5) is 4.79 Å². The highest BCUT2D eigenvalue weighted by molar-refractivity contribution is 6.03. The van der Waals surface area contributed by atoms with Crippen molar-refractivity contribution in [1.82, 2.24) is 20.4 Å². The standard InChI is InChI=1S/C18H22N4O5/c1-4-9-22-16(24)13-8-6-5-7-12(13)15(21-22)17(25)27-10-14(23)20-18(26)19-11(2)3/h5-8,11H,4,9-10H2,1-3H3,(H2,19,20,23,26). The van der Waals surface area contributed by atoms with Crippen LogP contribution in [0.2, 0.25) is 0 Å². The van der Waals surface area contributed by atoms with Crippen LogP contribution in [0.5, 0.6) is 0 Å². The Hall–Kier alpha value is -3.23. The number of aromatic nitrogens is 2. The predicted octanol–water partition coefficient (Wildman–Crippen LogP) is 1.20. The minimum absolute atomic E-state index is 0.0573. The molecule has 0 aliphatic carbocycles. The van der Waals surface area contributed by atoms with Gasteiger partial charge in [-0.3, -0.25) is 14.9 Å². The van der Waals surface area contributed by atoms with E-state index in [1.54, 1.807) is 38.1 Å². The molecule has 0 saturated heterocycles. The highest BCUT2D eigenvalue weighted by atomic mass is 16.5. The number of benzene rings is 1. The van der Waals surface area contributed by atoms with Crippen LogP contribution in [0.15, 0.2) is 29.1 Å². The highest BCUT2D eigenvalue weighted by Gasteiger charge is 2.19. The molecule has 27 heavy (non-hydrogen) atoms. The van der Waals surface area contributed by atoms with Crippen LogP contribution in [-0.2, 0) is 16.1 Å². The van der Waals surface area contributed by atoms with Crippen molar-refractivity contribution in [2.45, 2.75) is 39.8 Å². The van der Waals surface area contributed by atoms with Crippen molar-refractivity contribution in [3.05, 3.63) is 40.3 Å². The Bertz CT molecular complexity index is 920. The van der Waals surface area contributed by atoms with Crippen LogP contribution >= 0.6 is 0 Å². The molecule has 1 aromatic heterocycles. The molecule has 144 valence electrons. The van der Waals surface area contributed by atoms with Crippen molar-refractivity contribution in [3.8, 4) is 0 Å². The van der Waals surface area contributed by atoms with Gasteiger partial charge in [-0.15, -0.1) is 0 Å². The zero-order chi connectivity index (χ0) is 20.0. The fraction of sp³-hybridized carbons (Fsp3) is 0.389. The normalized spacial score (nSPS) is 10.7.